The molecule has 0 amide bonds. The quantitative estimate of drug-likeness (QED) is 0.866. The Morgan fingerprint density at radius 2 is 2.24 bits per heavy atom. The minimum atomic E-state index is -0.670. The minimum Gasteiger partial charge on any atom is -0.385 e. The van der Waals surface area contributed by atoms with Crippen LogP contribution in [0.15, 0.2) is 12.4 Å². The van der Waals surface area contributed by atoms with Crippen LogP contribution in [-0.2, 0) is 12.6 Å². The predicted molar refractivity (Wildman–Crippen MR) is 67.7 cm³/mol. The van der Waals surface area contributed by atoms with Crippen LogP contribution in [0.4, 0.5) is 0 Å². The van der Waals surface area contributed by atoms with Crippen molar-refractivity contribution in [1.29, 1.82) is 0 Å². The topological polar surface area (TPSA) is 41.3 Å². The van der Waals surface area contributed by atoms with Gasteiger partial charge in [-0.15, -0.1) is 0 Å². The van der Waals surface area contributed by atoms with Gasteiger partial charge in [-0.1, -0.05) is 6.92 Å². The Morgan fingerprint density at radius 1 is 1.41 bits per heavy atom. The second-order valence-electron chi connectivity index (χ2n) is 5.13. The average Bonchev–Trinajstić information content (AvgIpc) is 2.65. The highest BCUT2D eigenvalue weighted by Crippen LogP contribution is 2.32. The van der Waals surface area contributed by atoms with Crippen molar-refractivity contribution >= 4 is 0 Å². The summed E-state index contributed by atoms with van der Waals surface area (Å²) < 4.78 is 1.77. The maximum Gasteiger partial charge on any atom is 0.0939 e. The molecule has 1 aromatic rings. The van der Waals surface area contributed by atoms with Crippen LogP contribution >= 0.6 is 0 Å². The lowest BCUT2D eigenvalue weighted by molar-refractivity contribution is 0.0211. The Bertz CT molecular complexity index is 363. The van der Waals surface area contributed by atoms with Crippen molar-refractivity contribution in [3.8, 4) is 0 Å². The van der Waals surface area contributed by atoms with Gasteiger partial charge >= 0.3 is 0 Å². The molecule has 1 aliphatic rings. The summed E-state index contributed by atoms with van der Waals surface area (Å²) in [7, 11) is 1.90. The number of aromatic nitrogens is 2. The monoisotopic (exact) mass is 237 g/mol. The molecule has 0 bridgehead atoms. The molecule has 1 unspecified atom stereocenters. The van der Waals surface area contributed by atoms with Crippen molar-refractivity contribution in [2.75, 3.05) is 19.6 Å². The molecule has 0 saturated carbocycles. The van der Waals surface area contributed by atoms with E-state index >= 15 is 0 Å². The van der Waals surface area contributed by atoms with Crippen LogP contribution in [0.1, 0.15) is 38.2 Å². The van der Waals surface area contributed by atoms with Crippen LogP contribution in [0.25, 0.3) is 0 Å². The van der Waals surface area contributed by atoms with E-state index in [1.807, 2.05) is 13.2 Å². The molecule has 1 fully saturated rings. The molecular weight excluding hydrogens is 214 g/mol. The first kappa shape index (κ1) is 12.6. The summed E-state index contributed by atoms with van der Waals surface area (Å²) in [6, 6.07) is 0. The molecule has 0 spiro atoms. The predicted octanol–water partition coefficient (Wildman–Crippen LogP) is 1.50. The van der Waals surface area contributed by atoms with Crippen LogP contribution in [0, 0.1) is 0 Å². The molecule has 1 saturated heterocycles. The molecular formula is C13H23N3O. The van der Waals surface area contributed by atoms with E-state index in [9.17, 15) is 5.11 Å². The fourth-order valence-corrected chi connectivity index (χ4v) is 2.67. The number of aryl methyl sites for hydroxylation is 1. The lowest BCUT2D eigenvalue weighted by atomic mass is 9.89. The maximum atomic E-state index is 10.7. The summed E-state index contributed by atoms with van der Waals surface area (Å²) in [5, 5.41) is 14.9. The normalized spacial score (nSPS) is 27.0. The van der Waals surface area contributed by atoms with E-state index < -0.39 is 5.60 Å². The zero-order chi connectivity index (χ0) is 12.3. The van der Waals surface area contributed by atoms with Gasteiger partial charge < -0.3 is 10.0 Å². The molecule has 1 atom stereocenters. The van der Waals surface area contributed by atoms with Gasteiger partial charge in [0.05, 0.1) is 11.8 Å². The summed E-state index contributed by atoms with van der Waals surface area (Å²) in [6.07, 6.45) is 7.65. The van der Waals surface area contributed by atoms with Crippen molar-refractivity contribution in [2.45, 2.75) is 38.2 Å². The molecule has 4 nitrogen and oxygen atoms in total. The maximum absolute atomic E-state index is 10.7. The first-order valence-electron chi connectivity index (χ1n) is 6.58. The van der Waals surface area contributed by atoms with Crippen LogP contribution in [0.2, 0.25) is 0 Å². The molecule has 1 aromatic heterocycles. The van der Waals surface area contributed by atoms with Gasteiger partial charge in [-0.2, -0.15) is 5.10 Å². The number of likely N-dealkylation sites (tertiary alicyclic amines) is 1. The lowest BCUT2D eigenvalue weighted by Gasteiger charge is -2.25. The van der Waals surface area contributed by atoms with E-state index in [0.29, 0.717) is 0 Å². The molecule has 17 heavy (non-hydrogen) atoms. The molecule has 2 rings (SSSR count). The fourth-order valence-electron chi connectivity index (χ4n) is 2.67. The molecule has 1 N–H and O–H groups in total. The third-order valence-corrected chi connectivity index (χ3v) is 3.69. The fraction of sp³-hybridized carbons (Fsp3) is 0.769. The van der Waals surface area contributed by atoms with E-state index in [0.717, 1.165) is 44.5 Å². The van der Waals surface area contributed by atoms with Gasteiger partial charge in [0, 0.05) is 25.4 Å². The Balaban J connectivity index is 2.06. The highest BCUT2D eigenvalue weighted by Gasteiger charge is 2.32. The summed E-state index contributed by atoms with van der Waals surface area (Å²) in [6.45, 7) is 5.44. The molecule has 0 aliphatic carbocycles. The molecule has 4 heteroatoms. The van der Waals surface area contributed by atoms with Crippen molar-refractivity contribution in [3.63, 3.8) is 0 Å². The molecule has 0 aromatic carbocycles. The number of aliphatic hydroxyl groups is 1. The van der Waals surface area contributed by atoms with Gasteiger partial charge in [0.2, 0.25) is 0 Å². The SMILES string of the molecule is CCCN1CCCC(O)(c2cnn(C)c2)CC1. The summed E-state index contributed by atoms with van der Waals surface area (Å²) in [4.78, 5) is 2.45. The Hall–Kier alpha value is -0.870. The zero-order valence-corrected chi connectivity index (χ0v) is 10.9. The largest absolute Gasteiger partial charge is 0.385 e. The molecule has 96 valence electrons. The van der Waals surface area contributed by atoms with Gasteiger partial charge in [0.1, 0.15) is 0 Å². The highest BCUT2D eigenvalue weighted by molar-refractivity contribution is 5.15. The van der Waals surface area contributed by atoms with Gasteiger partial charge in [0.25, 0.3) is 0 Å². The summed E-state index contributed by atoms with van der Waals surface area (Å²) in [5.74, 6) is 0. The summed E-state index contributed by atoms with van der Waals surface area (Å²) in [5.41, 5.74) is 0.301. The van der Waals surface area contributed by atoms with Gasteiger partial charge in [-0.25, -0.2) is 0 Å². The second-order valence-corrected chi connectivity index (χ2v) is 5.13. The number of hydrogen-bond donors (Lipinski definition) is 1. The van der Waals surface area contributed by atoms with Gasteiger partial charge in [0.15, 0.2) is 0 Å². The van der Waals surface area contributed by atoms with Crippen molar-refractivity contribution in [2.24, 2.45) is 7.05 Å². The van der Waals surface area contributed by atoms with E-state index in [2.05, 4.69) is 16.9 Å². The van der Waals surface area contributed by atoms with E-state index in [1.165, 1.54) is 6.42 Å². The standard InChI is InChI=1S/C13H23N3O/c1-3-7-16-8-4-5-13(17,6-9-16)12-10-14-15(2)11-12/h10-11,17H,3-9H2,1-2H3. The Morgan fingerprint density at radius 3 is 2.88 bits per heavy atom. The number of rotatable bonds is 3. The molecule has 1 aliphatic heterocycles. The lowest BCUT2D eigenvalue weighted by Crippen LogP contribution is -2.29. The molecule has 0 radical (unpaired) electrons. The number of nitrogens with zero attached hydrogens (tertiary/aromatic N) is 3. The second kappa shape index (κ2) is 5.19. The molecule has 2 heterocycles. The van der Waals surface area contributed by atoms with Crippen LogP contribution in [0.3, 0.4) is 0 Å². The van der Waals surface area contributed by atoms with Gasteiger partial charge in [-0.05, 0) is 38.8 Å². The van der Waals surface area contributed by atoms with Crippen LogP contribution < -0.4 is 0 Å². The Kier molecular flexibility index (Phi) is 3.84. The van der Waals surface area contributed by atoms with Gasteiger partial charge in [-0.3, -0.25) is 4.68 Å². The highest BCUT2D eigenvalue weighted by atomic mass is 16.3. The number of hydrogen-bond acceptors (Lipinski definition) is 3. The van der Waals surface area contributed by atoms with E-state index in [-0.39, 0.29) is 0 Å². The summed E-state index contributed by atoms with van der Waals surface area (Å²) >= 11 is 0. The van der Waals surface area contributed by atoms with Crippen molar-refractivity contribution in [3.05, 3.63) is 18.0 Å². The third-order valence-electron chi connectivity index (χ3n) is 3.69. The first-order chi connectivity index (χ1) is 8.14. The van der Waals surface area contributed by atoms with E-state index in [1.54, 1.807) is 10.9 Å². The first-order valence-corrected chi connectivity index (χ1v) is 6.58. The van der Waals surface area contributed by atoms with Crippen LogP contribution in [0.5, 0.6) is 0 Å². The Labute approximate surface area is 103 Å². The van der Waals surface area contributed by atoms with Crippen molar-refractivity contribution < 1.29 is 5.11 Å². The average molecular weight is 237 g/mol. The minimum absolute atomic E-state index is 0.670. The smallest absolute Gasteiger partial charge is 0.0939 e. The zero-order valence-electron chi connectivity index (χ0n) is 10.9. The van der Waals surface area contributed by atoms with Crippen molar-refractivity contribution in [1.82, 2.24) is 14.7 Å². The third kappa shape index (κ3) is 2.87. The van der Waals surface area contributed by atoms with Crippen LogP contribution in [-0.4, -0.2) is 39.4 Å². The van der Waals surface area contributed by atoms with E-state index in [4.69, 9.17) is 0 Å².